The second-order valence-electron chi connectivity index (χ2n) is 7.77. The minimum atomic E-state index is 0.371. The molecule has 4 aliphatic rings. The van der Waals surface area contributed by atoms with Gasteiger partial charge in [0.25, 0.3) is 0 Å². The molecular formula is C17H26ClN3. The fourth-order valence-corrected chi connectivity index (χ4v) is 6.36. The number of nitrogens with one attached hydrogen (secondary N) is 1. The zero-order valence-electron chi connectivity index (χ0n) is 13.1. The van der Waals surface area contributed by atoms with Gasteiger partial charge >= 0.3 is 0 Å². The molecule has 0 aliphatic heterocycles. The predicted octanol–water partition coefficient (Wildman–Crippen LogP) is 3.94. The molecule has 0 aromatic carbocycles. The van der Waals surface area contributed by atoms with E-state index in [1.165, 1.54) is 44.2 Å². The quantitative estimate of drug-likeness (QED) is 0.913. The highest BCUT2D eigenvalue weighted by molar-refractivity contribution is 6.31. The van der Waals surface area contributed by atoms with E-state index < -0.39 is 0 Å². The van der Waals surface area contributed by atoms with E-state index in [9.17, 15) is 0 Å². The summed E-state index contributed by atoms with van der Waals surface area (Å²) in [5.41, 5.74) is 1.63. The Morgan fingerprint density at radius 1 is 1.29 bits per heavy atom. The summed E-state index contributed by atoms with van der Waals surface area (Å²) in [6, 6.07) is 0.371. The number of hydrogen-bond acceptors (Lipinski definition) is 2. The van der Waals surface area contributed by atoms with Crippen molar-refractivity contribution in [1.29, 1.82) is 0 Å². The van der Waals surface area contributed by atoms with Crippen LogP contribution in [0.1, 0.15) is 57.2 Å². The van der Waals surface area contributed by atoms with Gasteiger partial charge < -0.3 is 5.32 Å². The second-order valence-corrected chi connectivity index (χ2v) is 8.18. The zero-order chi connectivity index (χ0) is 14.6. The molecule has 0 spiro atoms. The first-order valence-electron chi connectivity index (χ1n) is 8.52. The summed E-state index contributed by atoms with van der Waals surface area (Å²) in [7, 11) is 2.03. The third-order valence-electron chi connectivity index (χ3n) is 6.32. The van der Waals surface area contributed by atoms with Crippen molar-refractivity contribution in [1.82, 2.24) is 15.1 Å². The minimum Gasteiger partial charge on any atom is -0.308 e. The lowest BCUT2D eigenvalue weighted by Gasteiger charge is -2.59. The predicted molar refractivity (Wildman–Crippen MR) is 85.2 cm³/mol. The third kappa shape index (κ3) is 2.16. The van der Waals surface area contributed by atoms with E-state index in [2.05, 4.69) is 17.3 Å². The van der Waals surface area contributed by atoms with E-state index in [0.29, 0.717) is 11.5 Å². The maximum Gasteiger partial charge on any atom is 0.0834 e. The summed E-state index contributed by atoms with van der Waals surface area (Å²) in [4.78, 5) is 0. The summed E-state index contributed by atoms with van der Waals surface area (Å²) in [6.45, 7) is 3.20. The van der Waals surface area contributed by atoms with Gasteiger partial charge in [0.15, 0.2) is 0 Å². The lowest BCUT2D eigenvalue weighted by atomic mass is 9.47. The molecule has 5 rings (SSSR count). The van der Waals surface area contributed by atoms with Gasteiger partial charge in [0, 0.05) is 7.05 Å². The van der Waals surface area contributed by atoms with E-state index in [-0.39, 0.29) is 0 Å². The van der Waals surface area contributed by atoms with Gasteiger partial charge in [-0.1, -0.05) is 18.5 Å². The SMILES string of the molecule is CCNC(c1c(Cl)cnn1C)C12CC3CC(CC(C3)C1)C2. The highest BCUT2D eigenvalue weighted by Crippen LogP contribution is 2.64. The van der Waals surface area contributed by atoms with Crippen LogP contribution in [0.4, 0.5) is 0 Å². The van der Waals surface area contributed by atoms with Crippen LogP contribution >= 0.6 is 11.6 Å². The normalized spacial score (nSPS) is 38.9. The van der Waals surface area contributed by atoms with Crippen molar-refractivity contribution in [2.45, 2.75) is 51.5 Å². The minimum absolute atomic E-state index is 0.371. The van der Waals surface area contributed by atoms with Crippen LogP contribution in [0, 0.1) is 23.2 Å². The molecule has 4 heteroatoms. The Kier molecular flexibility index (Phi) is 3.34. The lowest BCUT2D eigenvalue weighted by Crippen LogP contribution is -2.52. The Balaban J connectivity index is 1.74. The van der Waals surface area contributed by atoms with Crippen molar-refractivity contribution in [2.75, 3.05) is 6.54 Å². The molecule has 1 aromatic heterocycles. The van der Waals surface area contributed by atoms with Crippen molar-refractivity contribution in [2.24, 2.45) is 30.2 Å². The van der Waals surface area contributed by atoms with Crippen LogP contribution in [0.25, 0.3) is 0 Å². The van der Waals surface area contributed by atoms with Crippen LogP contribution in [0.5, 0.6) is 0 Å². The molecule has 4 fully saturated rings. The second kappa shape index (κ2) is 4.99. The largest absolute Gasteiger partial charge is 0.308 e. The molecule has 0 saturated heterocycles. The van der Waals surface area contributed by atoms with E-state index in [0.717, 1.165) is 29.3 Å². The fraction of sp³-hybridized carbons (Fsp3) is 0.824. The van der Waals surface area contributed by atoms with Crippen LogP contribution in [0.3, 0.4) is 0 Å². The number of rotatable bonds is 4. The van der Waals surface area contributed by atoms with Crippen molar-refractivity contribution in [3.8, 4) is 0 Å². The molecule has 1 N–H and O–H groups in total. The van der Waals surface area contributed by atoms with Gasteiger partial charge in [-0.25, -0.2) is 0 Å². The number of nitrogens with zero attached hydrogens (tertiary/aromatic N) is 2. The average Bonchev–Trinajstić information content (AvgIpc) is 2.74. The molecule has 4 saturated carbocycles. The van der Waals surface area contributed by atoms with E-state index >= 15 is 0 Å². The van der Waals surface area contributed by atoms with Gasteiger partial charge in [0.1, 0.15) is 0 Å². The average molecular weight is 308 g/mol. The standard InChI is InChI=1S/C17H26ClN3/c1-3-19-16(15-14(18)10-20-21(15)2)17-7-11-4-12(8-17)6-13(5-11)9-17/h10-13,16,19H,3-9H2,1-2H3. The number of halogens is 1. The topological polar surface area (TPSA) is 29.9 Å². The molecule has 1 atom stereocenters. The Morgan fingerprint density at radius 2 is 1.86 bits per heavy atom. The monoisotopic (exact) mass is 307 g/mol. The molecular weight excluding hydrogens is 282 g/mol. The van der Waals surface area contributed by atoms with E-state index in [1.54, 1.807) is 0 Å². The molecule has 1 heterocycles. The van der Waals surface area contributed by atoms with Crippen molar-refractivity contribution in [3.63, 3.8) is 0 Å². The summed E-state index contributed by atoms with van der Waals surface area (Å²) in [5, 5.41) is 9.00. The van der Waals surface area contributed by atoms with E-state index in [1.807, 2.05) is 17.9 Å². The third-order valence-corrected chi connectivity index (χ3v) is 6.61. The molecule has 1 unspecified atom stereocenters. The molecule has 4 bridgehead atoms. The molecule has 21 heavy (non-hydrogen) atoms. The molecule has 1 aromatic rings. The van der Waals surface area contributed by atoms with Crippen LogP contribution < -0.4 is 5.32 Å². The Hall–Kier alpha value is -0.540. The molecule has 0 radical (unpaired) electrons. The molecule has 116 valence electrons. The highest BCUT2D eigenvalue weighted by atomic mass is 35.5. The Morgan fingerprint density at radius 3 is 2.29 bits per heavy atom. The molecule has 0 amide bonds. The smallest absolute Gasteiger partial charge is 0.0834 e. The first-order valence-corrected chi connectivity index (χ1v) is 8.90. The maximum absolute atomic E-state index is 6.49. The summed E-state index contributed by atoms with van der Waals surface area (Å²) in [6.07, 6.45) is 10.4. The summed E-state index contributed by atoms with van der Waals surface area (Å²) in [5.74, 6) is 2.89. The first-order chi connectivity index (χ1) is 10.1. The molecule has 4 aliphatic carbocycles. The van der Waals surface area contributed by atoms with Crippen LogP contribution in [0.15, 0.2) is 6.20 Å². The van der Waals surface area contributed by atoms with Gasteiger partial charge in [-0.3, -0.25) is 4.68 Å². The van der Waals surface area contributed by atoms with Crippen LogP contribution in [0.2, 0.25) is 5.02 Å². The maximum atomic E-state index is 6.49. The lowest BCUT2D eigenvalue weighted by molar-refractivity contribution is -0.0759. The Labute approximate surface area is 132 Å². The van der Waals surface area contributed by atoms with Crippen LogP contribution in [-0.2, 0) is 7.05 Å². The summed E-state index contributed by atoms with van der Waals surface area (Å²) < 4.78 is 1.99. The van der Waals surface area contributed by atoms with Gasteiger partial charge in [-0.15, -0.1) is 0 Å². The van der Waals surface area contributed by atoms with Crippen molar-refractivity contribution in [3.05, 3.63) is 16.9 Å². The van der Waals surface area contributed by atoms with Gasteiger partial charge in [-0.2, -0.15) is 5.10 Å². The van der Waals surface area contributed by atoms with E-state index in [4.69, 9.17) is 11.6 Å². The van der Waals surface area contributed by atoms with Crippen molar-refractivity contribution < 1.29 is 0 Å². The van der Waals surface area contributed by atoms with Crippen molar-refractivity contribution >= 4 is 11.6 Å². The van der Waals surface area contributed by atoms with Gasteiger partial charge in [0.05, 0.1) is 23.0 Å². The highest BCUT2D eigenvalue weighted by Gasteiger charge is 2.55. The van der Waals surface area contributed by atoms with Gasteiger partial charge in [-0.05, 0) is 68.2 Å². The molecule has 3 nitrogen and oxygen atoms in total. The number of aryl methyl sites for hydroxylation is 1. The summed E-state index contributed by atoms with van der Waals surface area (Å²) >= 11 is 6.49. The fourth-order valence-electron chi connectivity index (χ4n) is 6.08. The Bertz CT molecular complexity index is 481. The zero-order valence-corrected chi connectivity index (χ0v) is 13.9. The van der Waals surface area contributed by atoms with Gasteiger partial charge in [0.2, 0.25) is 0 Å². The van der Waals surface area contributed by atoms with Crippen LogP contribution in [-0.4, -0.2) is 16.3 Å². The number of aromatic nitrogens is 2. The number of hydrogen-bond donors (Lipinski definition) is 1. The first kappa shape index (κ1) is 14.1.